The van der Waals surface area contributed by atoms with E-state index in [1.54, 1.807) is 36.4 Å². The smallest absolute Gasteiger partial charge is 0.269 e. The van der Waals surface area contributed by atoms with Gasteiger partial charge in [-0.1, -0.05) is 53.2 Å². The fraction of sp³-hybridized carbons (Fsp3) is 0.105. The summed E-state index contributed by atoms with van der Waals surface area (Å²) < 4.78 is 0. The number of rotatable bonds is 3. The second-order valence-corrected chi connectivity index (χ2v) is 6.95. The molecule has 5 nitrogen and oxygen atoms in total. The summed E-state index contributed by atoms with van der Waals surface area (Å²) in [5.74, 6) is -0.602. The minimum Gasteiger partial charge on any atom is -0.320 e. The maximum absolute atomic E-state index is 12.6. The van der Waals surface area contributed by atoms with Gasteiger partial charge >= 0.3 is 0 Å². The Balaban J connectivity index is 1.97. The number of nitrogens with zero attached hydrogens (tertiary/aromatic N) is 2. The van der Waals surface area contributed by atoms with Crippen molar-refractivity contribution in [1.29, 1.82) is 5.26 Å². The van der Waals surface area contributed by atoms with Crippen LogP contribution in [0, 0.1) is 18.3 Å². The number of nitriles is 1. The fourth-order valence-corrected chi connectivity index (χ4v) is 3.65. The standard InChI is InChI=1S/C19H14ClN3O2S/c1-12-6-8-13(9-7-12)23-17(24)11-26-19(23)14(10-21)18(25)22-16-5-3-2-4-15(16)20/h2-9H,11H2,1H3,(H,22,25). The molecule has 0 unspecified atom stereocenters. The van der Waals surface area contributed by atoms with Crippen molar-refractivity contribution in [2.24, 2.45) is 0 Å². The largest absolute Gasteiger partial charge is 0.320 e. The number of halogens is 1. The Morgan fingerprint density at radius 2 is 1.92 bits per heavy atom. The topological polar surface area (TPSA) is 73.2 Å². The first-order valence-electron chi connectivity index (χ1n) is 7.74. The van der Waals surface area contributed by atoms with Crippen LogP contribution < -0.4 is 10.2 Å². The van der Waals surface area contributed by atoms with Crippen LogP contribution in [0.25, 0.3) is 0 Å². The van der Waals surface area contributed by atoms with Crippen LogP contribution in [0.1, 0.15) is 5.56 Å². The van der Waals surface area contributed by atoms with Gasteiger partial charge in [-0.25, -0.2) is 0 Å². The van der Waals surface area contributed by atoms with Gasteiger partial charge in [-0.15, -0.1) is 0 Å². The van der Waals surface area contributed by atoms with Crippen molar-refractivity contribution in [2.45, 2.75) is 6.92 Å². The number of thioether (sulfide) groups is 1. The molecule has 0 spiro atoms. The Hall–Kier alpha value is -2.75. The molecular formula is C19H14ClN3O2S. The molecule has 0 atom stereocenters. The molecule has 1 aliphatic rings. The number of carbonyl (C=O) groups excluding carboxylic acids is 2. The molecule has 1 N–H and O–H groups in total. The van der Waals surface area contributed by atoms with Gasteiger partial charge in [0.1, 0.15) is 16.7 Å². The average Bonchev–Trinajstić information content (AvgIpc) is 3.00. The Morgan fingerprint density at radius 1 is 1.23 bits per heavy atom. The van der Waals surface area contributed by atoms with E-state index in [9.17, 15) is 14.9 Å². The Morgan fingerprint density at radius 3 is 2.58 bits per heavy atom. The number of hydrogen-bond acceptors (Lipinski definition) is 4. The van der Waals surface area contributed by atoms with Gasteiger partial charge in [0.25, 0.3) is 5.91 Å². The van der Waals surface area contributed by atoms with E-state index >= 15 is 0 Å². The number of carbonyl (C=O) groups is 2. The van der Waals surface area contributed by atoms with Crippen molar-refractivity contribution < 1.29 is 9.59 Å². The van der Waals surface area contributed by atoms with Crippen LogP contribution in [0.3, 0.4) is 0 Å². The summed E-state index contributed by atoms with van der Waals surface area (Å²) in [5.41, 5.74) is 1.96. The number of amides is 2. The summed E-state index contributed by atoms with van der Waals surface area (Å²) in [7, 11) is 0. The van der Waals surface area contributed by atoms with Crippen molar-refractivity contribution >= 4 is 46.6 Å². The molecule has 2 aromatic carbocycles. The summed E-state index contributed by atoms with van der Waals surface area (Å²) in [5, 5.41) is 12.9. The fourth-order valence-electron chi connectivity index (χ4n) is 2.45. The van der Waals surface area contributed by atoms with Crippen molar-refractivity contribution in [3.8, 4) is 6.07 Å². The number of hydrogen-bond donors (Lipinski definition) is 1. The van der Waals surface area contributed by atoms with Crippen LogP contribution >= 0.6 is 23.4 Å². The number of aryl methyl sites for hydroxylation is 1. The highest BCUT2D eigenvalue weighted by Gasteiger charge is 2.33. The molecule has 130 valence electrons. The Bertz CT molecular complexity index is 948. The molecule has 0 radical (unpaired) electrons. The monoisotopic (exact) mass is 383 g/mol. The zero-order valence-corrected chi connectivity index (χ0v) is 15.4. The summed E-state index contributed by atoms with van der Waals surface area (Å²) in [6.45, 7) is 1.94. The lowest BCUT2D eigenvalue weighted by Crippen LogP contribution is -2.26. The van der Waals surface area contributed by atoms with Gasteiger partial charge in [-0.05, 0) is 31.2 Å². The van der Waals surface area contributed by atoms with E-state index in [4.69, 9.17) is 11.6 Å². The van der Waals surface area contributed by atoms with E-state index < -0.39 is 5.91 Å². The molecule has 0 aromatic heterocycles. The van der Waals surface area contributed by atoms with Gasteiger partial charge in [0.15, 0.2) is 0 Å². The highest BCUT2D eigenvalue weighted by Crippen LogP contribution is 2.36. The highest BCUT2D eigenvalue weighted by molar-refractivity contribution is 8.04. The number of nitrogens with one attached hydrogen (secondary N) is 1. The zero-order chi connectivity index (χ0) is 18.7. The molecule has 1 heterocycles. The summed E-state index contributed by atoms with van der Waals surface area (Å²) in [6.07, 6.45) is 0. The molecule has 7 heteroatoms. The summed E-state index contributed by atoms with van der Waals surface area (Å²) >= 11 is 7.23. The molecule has 0 aliphatic carbocycles. The van der Waals surface area contributed by atoms with Gasteiger partial charge in [-0.2, -0.15) is 5.26 Å². The number of para-hydroxylation sites is 1. The minimum absolute atomic E-state index is 0.124. The molecule has 3 rings (SSSR count). The van der Waals surface area contributed by atoms with Crippen LogP contribution in [-0.4, -0.2) is 17.6 Å². The van der Waals surface area contributed by atoms with Crippen LogP contribution in [0.5, 0.6) is 0 Å². The first-order valence-corrected chi connectivity index (χ1v) is 9.10. The van der Waals surface area contributed by atoms with Crippen molar-refractivity contribution in [3.63, 3.8) is 0 Å². The van der Waals surface area contributed by atoms with Crippen LogP contribution in [0.15, 0.2) is 59.1 Å². The normalized spacial score (nSPS) is 15.6. The molecule has 1 saturated heterocycles. The Labute approximate surface area is 160 Å². The average molecular weight is 384 g/mol. The quantitative estimate of drug-likeness (QED) is 0.639. The molecule has 1 fully saturated rings. The van der Waals surface area contributed by atoms with Crippen LogP contribution in [0.4, 0.5) is 11.4 Å². The van der Waals surface area contributed by atoms with E-state index in [-0.39, 0.29) is 17.2 Å². The molecule has 1 aliphatic heterocycles. The van der Waals surface area contributed by atoms with E-state index in [2.05, 4.69) is 5.32 Å². The molecular weight excluding hydrogens is 370 g/mol. The molecule has 26 heavy (non-hydrogen) atoms. The lowest BCUT2D eigenvalue weighted by Gasteiger charge is -2.18. The predicted molar refractivity (Wildman–Crippen MR) is 104 cm³/mol. The highest BCUT2D eigenvalue weighted by atomic mass is 35.5. The molecule has 0 bridgehead atoms. The summed E-state index contributed by atoms with van der Waals surface area (Å²) in [4.78, 5) is 26.4. The van der Waals surface area contributed by atoms with Crippen molar-refractivity contribution in [3.05, 3.63) is 69.7 Å². The SMILES string of the molecule is Cc1ccc(N2C(=O)CSC2=C(C#N)C(=O)Nc2ccccc2Cl)cc1. The first kappa shape index (κ1) is 18.1. The Kier molecular flexibility index (Phi) is 5.31. The number of benzene rings is 2. The van der Waals surface area contributed by atoms with E-state index in [0.717, 1.165) is 5.56 Å². The lowest BCUT2D eigenvalue weighted by atomic mass is 10.2. The van der Waals surface area contributed by atoms with E-state index in [0.29, 0.717) is 21.4 Å². The van der Waals surface area contributed by atoms with Gasteiger partial charge in [-0.3, -0.25) is 14.5 Å². The molecule has 2 aromatic rings. The molecule has 0 saturated carbocycles. The van der Waals surface area contributed by atoms with Crippen molar-refractivity contribution in [2.75, 3.05) is 16.0 Å². The maximum atomic E-state index is 12.6. The van der Waals surface area contributed by atoms with Gasteiger partial charge in [0.05, 0.1) is 16.5 Å². The third kappa shape index (κ3) is 3.59. The third-order valence-electron chi connectivity index (χ3n) is 3.75. The summed E-state index contributed by atoms with van der Waals surface area (Å²) in [6, 6.07) is 16.0. The van der Waals surface area contributed by atoms with Gasteiger partial charge in [0, 0.05) is 5.69 Å². The van der Waals surface area contributed by atoms with E-state index in [1.165, 1.54) is 16.7 Å². The number of anilines is 2. The van der Waals surface area contributed by atoms with Gasteiger partial charge < -0.3 is 5.32 Å². The maximum Gasteiger partial charge on any atom is 0.269 e. The second kappa shape index (κ2) is 7.65. The van der Waals surface area contributed by atoms with Crippen LogP contribution in [0.2, 0.25) is 5.02 Å². The predicted octanol–water partition coefficient (Wildman–Crippen LogP) is 4.10. The van der Waals surface area contributed by atoms with Gasteiger partial charge in [0.2, 0.25) is 5.91 Å². The first-order chi connectivity index (χ1) is 12.5. The lowest BCUT2D eigenvalue weighted by molar-refractivity contribution is -0.115. The van der Waals surface area contributed by atoms with E-state index in [1.807, 2.05) is 25.1 Å². The zero-order valence-electron chi connectivity index (χ0n) is 13.8. The molecule has 2 amide bonds. The van der Waals surface area contributed by atoms with Crippen LogP contribution in [-0.2, 0) is 9.59 Å². The second-order valence-electron chi connectivity index (χ2n) is 5.58. The third-order valence-corrected chi connectivity index (χ3v) is 5.13. The minimum atomic E-state index is -0.602. The van der Waals surface area contributed by atoms with Crippen molar-refractivity contribution in [1.82, 2.24) is 0 Å².